The Morgan fingerprint density at radius 3 is 2.86 bits per heavy atom. The van der Waals surface area contributed by atoms with Crippen LogP contribution in [0.4, 0.5) is 0 Å². The highest BCUT2D eigenvalue weighted by Gasteiger charge is 2.00. The van der Waals surface area contributed by atoms with Gasteiger partial charge in [0.25, 0.3) is 0 Å². The number of oxime groups is 1. The van der Waals surface area contributed by atoms with Crippen LogP contribution in [0.15, 0.2) is 47.9 Å². The van der Waals surface area contributed by atoms with Gasteiger partial charge in [0, 0.05) is 18.0 Å². The molecule has 0 atom stereocenters. The molecule has 14 heavy (non-hydrogen) atoms. The molecule has 2 aromatic rings. The van der Waals surface area contributed by atoms with Gasteiger partial charge in [-0.1, -0.05) is 23.4 Å². The van der Waals surface area contributed by atoms with Crippen LogP contribution in [0.2, 0.25) is 0 Å². The maximum Gasteiger partial charge on any atom is 0.0755 e. The van der Waals surface area contributed by atoms with Gasteiger partial charge >= 0.3 is 0 Å². The molecule has 1 aromatic heterocycles. The number of para-hydroxylation sites is 1. The van der Waals surface area contributed by atoms with E-state index in [0.29, 0.717) is 0 Å². The van der Waals surface area contributed by atoms with E-state index in [1.165, 1.54) is 6.21 Å². The summed E-state index contributed by atoms with van der Waals surface area (Å²) in [6.45, 7) is 0. The van der Waals surface area contributed by atoms with Crippen molar-refractivity contribution < 1.29 is 5.21 Å². The van der Waals surface area contributed by atoms with Crippen LogP contribution >= 0.6 is 0 Å². The first-order valence-electron chi connectivity index (χ1n) is 4.18. The second kappa shape index (κ2) is 3.74. The summed E-state index contributed by atoms with van der Waals surface area (Å²) in [6.07, 6.45) is 4.92. The van der Waals surface area contributed by atoms with E-state index in [0.717, 1.165) is 11.3 Å². The Morgan fingerprint density at radius 1 is 1.29 bits per heavy atom. The second-order valence-electron chi connectivity index (χ2n) is 2.75. The molecule has 0 amide bonds. The van der Waals surface area contributed by atoms with Gasteiger partial charge in [-0.2, -0.15) is 5.10 Å². The summed E-state index contributed by atoms with van der Waals surface area (Å²) in [6, 6.07) is 9.39. The van der Waals surface area contributed by atoms with E-state index >= 15 is 0 Å². The number of aromatic nitrogens is 2. The van der Waals surface area contributed by atoms with E-state index in [-0.39, 0.29) is 0 Å². The molecule has 0 radical (unpaired) electrons. The third kappa shape index (κ3) is 1.50. The van der Waals surface area contributed by atoms with Crippen molar-refractivity contribution in [2.45, 2.75) is 0 Å². The lowest BCUT2D eigenvalue weighted by Gasteiger charge is -2.03. The van der Waals surface area contributed by atoms with Gasteiger partial charge in [0.15, 0.2) is 0 Å². The molecule has 1 aromatic carbocycles. The molecule has 1 heterocycles. The van der Waals surface area contributed by atoms with Crippen molar-refractivity contribution >= 4 is 6.21 Å². The SMILES string of the molecule is O/N=C/c1ccccc1-n1cccn1. The second-order valence-corrected chi connectivity index (χ2v) is 2.75. The number of nitrogens with zero attached hydrogens (tertiary/aromatic N) is 3. The Kier molecular flexibility index (Phi) is 2.27. The summed E-state index contributed by atoms with van der Waals surface area (Å²) in [4.78, 5) is 0. The van der Waals surface area contributed by atoms with Gasteiger partial charge in [0.1, 0.15) is 0 Å². The van der Waals surface area contributed by atoms with Gasteiger partial charge in [-0.3, -0.25) is 0 Å². The zero-order valence-corrected chi connectivity index (χ0v) is 7.41. The zero-order valence-electron chi connectivity index (χ0n) is 7.41. The summed E-state index contributed by atoms with van der Waals surface area (Å²) in [5.74, 6) is 0. The van der Waals surface area contributed by atoms with Crippen molar-refractivity contribution in [1.29, 1.82) is 0 Å². The Hall–Kier alpha value is -2.10. The van der Waals surface area contributed by atoms with Gasteiger partial charge in [0.2, 0.25) is 0 Å². The van der Waals surface area contributed by atoms with Crippen LogP contribution in [-0.2, 0) is 0 Å². The monoisotopic (exact) mass is 187 g/mol. The molecular formula is C10H9N3O. The van der Waals surface area contributed by atoms with Crippen LogP contribution in [0.5, 0.6) is 0 Å². The number of hydrogen-bond donors (Lipinski definition) is 1. The topological polar surface area (TPSA) is 50.4 Å². The highest BCUT2D eigenvalue weighted by atomic mass is 16.4. The number of rotatable bonds is 2. The highest BCUT2D eigenvalue weighted by Crippen LogP contribution is 2.10. The summed E-state index contributed by atoms with van der Waals surface area (Å²) in [5.41, 5.74) is 1.70. The van der Waals surface area contributed by atoms with Gasteiger partial charge in [-0.15, -0.1) is 0 Å². The predicted octanol–water partition coefficient (Wildman–Crippen LogP) is 1.68. The van der Waals surface area contributed by atoms with Crippen molar-refractivity contribution in [3.8, 4) is 5.69 Å². The van der Waals surface area contributed by atoms with Crippen molar-refractivity contribution in [1.82, 2.24) is 9.78 Å². The Labute approximate surface area is 81.1 Å². The van der Waals surface area contributed by atoms with Crippen molar-refractivity contribution in [2.75, 3.05) is 0 Å². The van der Waals surface area contributed by atoms with Gasteiger partial charge in [-0.25, -0.2) is 4.68 Å². The average molecular weight is 187 g/mol. The molecule has 2 rings (SSSR count). The summed E-state index contributed by atoms with van der Waals surface area (Å²) < 4.78 is 1.72. The maximum atomic E-state index is 8.48. The van der Waals surface area contributed by atoms with Crippen molar-refractivity contribution in [3.63, 3.8) is 0 Å². The predicted molar refractivity (Wildman–Crippen MR) is 52.9 cm³/mol. The fourth-order valence-corrected chi connectivity index (χ4v) is 1.28. The van der Waals surface area contributed by atoms with Gasteiger partial charge < -0.3 is 5.21 Å². The molecule has 0 bridgehead atoms. The number of hydrogen-bond acceptors (Lipinski definition) is 3. The molecule has 4 nitrogen and oxygen atoms in total. The highest BCUT2D eigenvalue weighted by molar-refractivity contribution is 5.84. The minimum atomic E-state index is 0.818. The van der Waals surface area contributed by atoms with E-state index in [1.807, 2.05) is 36.5 Å². The van der Waals surface area contributed by atoms with Gasteiger partial charge in [0.05, 0.1) is 11.9 Å². The molecule has 0 saturated heterocycles. The lowest BCUT2D eigenvalue weighted by molar-refractivity contribution is 0.322. The zero-order chi connectivity index (χ0) is 9.80. The normalized spacial score (nSPS) is 10.9. The first-order chi connectivity index (χ1) is 6.92. The number of benzene rings is 1. The van der Waals surface area contributed by atoms with Crippen LogP contribution < -0.4 is 0 Å². The Balaban J connectivity index is 2.52. The Bertz CT molecular complexity index is 434. The van der Waals surface area contributed by atoms with E-state index in [1.54, 1.807) is 10.9 Å². The van der Waals surface area contributed by atoms with Crippen LogP contribution in [0.1, 0.15) is 5.56 Å². The molecule has 0 aliphatic carbocycles. The van der Waals surface area contributed by atoms with Crippen LogP contribution in [0.3, 0.4) is 0 Å². The first-order valence-corrected chi connectivity index (χ1v) is 4.18. The molecular weight excluding hydrogens is 178 g/mol. The molecule has 0 fully saturated rings. The molecule has 0 aliphatic rings. The molecule has 0 aliphatic heterocycles. The summed E-state index contributed by atoms with van der Waals surface area (Å²) in [7, 11) is 0. The van der Waals surface area contributed by atoms with Crippen molar-refractivity contribution in [3.05, 3.63) is 48.3 Å². The molecule has 0 saturated carbocycles. The van der Waals surface area contributed by atoms with Crippen LogP contribution in [-0.4, -0.2) is 21.2 Å². The summed E-state index contributed by atoms with van der Waals surface area (Å²) in [5, 5.41) is 15.6. The quantitative estimate of drug-likeness (QED) is 0.441. The van der Waals surface area contributed by atoms with Crippen molar-refractivity contribution in [2.24, 2.45) is 5.16 Å². The molecule has 0 spiro atoms. The minimum Gasteiger partial charge on any atom is -0.411 e. The molecule has 1 N–H and O–H groups in total. The average Bonchev–Trinajstić information content (AvgIpc) is 2.72. The van der Waals surface area contributed by atoms with Crippen LogP contribution in [0, 0.1) is 0 Å². The summed E-state index contributed by atoms with van der Waals surface area (Å²) >= 11 is 0. The maximum absolute atomic E-state index is 8.48. The molecule has 4 heteroatoms. The fraction of sp³-hybridized carbons (Fsp3) is 0. The lowest BCUT2D eigenvalue weighted by atomic mass is 10.2. The lowest BCUT2D eigenvalue weighted by Crippen LogP contribution is -1.98. The van der Waals surface area contributed by atoms with E-state index in [2.05, 4.69) is 10.3 Å². The first kappa shape index (κ1) is 8.50. The largest absolute Gasteiger partial charge is 0.411 e. The smallest absolute Gasteiger partial charge is 0.0755 e. The van der Waals surface area contributed by atoms with E-state index < -0.39 is 0 Å². The van der Waals surface area contributed by atoms with E-state index in [9.17, 15) is 0 Å². The third-order valence-electron chi connectivity index (χ3n) is 1.88. The molecule has 0 unspecified atom stereocenters. The van der Waals surface area contributed by atoms with E-state index in [4.69, 9.17) is 5.21 Å². The van der Waals surface area contributed by atoms with Crippen LogP contribution in [0.25, 0.3) is 5.69 Å². The third-order valence-corrected chi connectivity index (χ3v) is 1.88. The standard InChI is InChI=1S/C10H9N3O/c14-12-8-9-4-1-2-5-10(9)13-7-3-6-11-13/h1-8,14H/b12-8+. The molecule has 70 valence electrons. The minimum absolute atomic E-state index is 0.818. The fourth-order valence-electron chi connectivity index (χ4n) is 1.28. The Morgan fingerprint density at radius 2 is 2.14 bits per heavy atom. The van der Waals surface area contributed by atoms with Gasteiger partial charge in [-0.05, 0) is 12.1 Å².